The predicted octanol–water partition coefficient (Wildman–Crippen LogP) is 5.67. The summed E-state index contributed by atoms with van der Waals surface area (Å²) < 4.78 is 6.90. The largest absolute Gasteiger partial charge is 0.465 e. The number of aryl methyl sites for hydroxylation is 1. The van der Waals surface area contributed by atoms with Crippen molar-refractivity contribution in [2.24, 2.45) is 0 Å². The fraction of sp³-hybridized carbons (Fsp3) is 0.355. The fourth-order valence-corrected chi connectivity index (χ4v) is 4.61. The first-order chi connectivity index (χ1) is 19.0. The van der Waals surface area contributed by atoms with E-state index in [4.69, 9.17) is 4.74 Å². The average Bonchev–Trinajstić information content (AvgIpc) is 3.43. The van der Waals surface area contributed by atoms with E-state index in [-0.39, 0.29) is 17.9 Å². The topological polar surface area (TPSA) is 84.7 Å². The molecule has 1 fully saturated rings. The summed E-state index contributed by atoms with van der Waals surface area (Å²) in [5, 5.41) is 0. The first kappa shape index (κ1) is 27.8. The van der Waals surface area contributed by atoms with Gasteiger partial charge >= 0.3 is 12.0 Å². The molecule has 8 heteroatoms. The number of nitrogens with zero attached hydrogens (tertiary/aromatic N) is 4. The summed E-state index contributed by atoms with van der Waals surface area (Å²) in [7, 11) is 1.36. The molecule has 0 saturated carbocycles. The number of aromatic nitrogens is 2. The van der Waals surface area contributed by atoms with Crippen LogP contribution in [0.15, 0.2) is 66.5 Å². The zero-order chi connectivity index (χ0) is 27.8. The Morgan fingerprint density at radius 1 is 0.897 bits per heavy atom. The van der Waals surface area contributed by atoms with Crippen molar-refractivity contribution < 1.29 is 19.1 Å². The number of benzene rings is 2. The summed E-state index contributed by atoms with van der Waals surface area (Å²) in [4.78, 5) is 46.4. The lowest BCUT2D eigenvalue weighted by molar-refractivity contribution is -0.123. The SMILES string of the molecule is CCCCc1ncc(/C=C2/C(=O)N(CCCC)C(=O)N2Cc2ccccc2)n1Cc1ccc(C(=O)OC)cc1. The third-order valence-electron chi connectivity index (χ3n) is 6.86. The molecule has 1 saturated heterocycles. The van der Waals surface area contributed by atoms with E-state index in [1.54, 1.807) is 29.3 Å². The van der Waals surface area contributed by atoms with Crippen LogP contribution in [0.2, 0.25) is 0 Å². The highest BCUT2D eigenvalue weighted by Gasteiger charge is 2.40. The lowest BCUT2D eigenvalue weighted by atomic mass is 10.1. The van der Waals surface area contributed by atoms with E-state index < -0.39 is 0 Å². The molecule has 39 heavy (non-hydrogen) atoms. The second kappa shape index (κ2) is 13.0. The molecule has 0 bridgehead atoms. The summed E-state index contributed by atoms with van der Waals surface area (Å²) in [5.74, 6) is 0.249. The lowest BCUT2D eigenvalue weighted by Crippen LogP contribution is -2.33. The standard InChI is InChI=1S/C31H36N4O4/c1-4-6-13-28-32-20-26(34(28)21-24-14-16-25(17-15-24)30(37)39-3)19-27-29(36)33(18-7-5-2)31(38)35(27)22-23-11-9-8-10-12-23/h8-12,14-17,19-20H,4-7,13,18,21-22H2,1-3H3/b27-19-. The Morgan fingerprint density at radius 3 is 2.26 bits per heavy atom. The molecule has 8 nitrogen and oxygen atoms in total. The maximum atomic E-state index is 13.5. The Bertz CT molecular complexity index is 1330. The Kier molecular flexibility index (Phi) is 9.31. The van der Waals surface area contributed by atoms with Gasteiger partial charge in [0.05, 0.1) is 31.1 Å². The lowest BCUT2D eigenvalue weighted by Gasteiger charge is -2.17. The van der Waals surface area contributed by atoms with Gasteiger partial charge in [-0.05, 0) is 42.2 Å². The number of carbonyl (C=O) groups is 3. The van der Waals surface area contributed by atoms with Crippen LogP contribution >= 0.6 is 0 Å². The number of imidazole rings is 1. The Balaban J connectivity index is 1.71. The van der Waals surface area contributed by atoms with E-state index in [0.29, 0.717) is 30.9 Å². The third kappa shape index (κ3) is 6.45. The van der Waals surface area contributed by atoms with Crippen LogP contribution in [0.3, 0.4) is 0 Å². The summed E-state index contributed by atoms with van der Waals surface area (Å²) in [5.41, 5.74) is 3.52. The number of imide groups is 1. The Labute approximate surface area is 229 Å². The second-order valence-electron chi connectivity index (χ2n) is 9.67. The maximum absolute atomic E-state index is 13.5. The summed E-state index contributed by atoms with van der Waals surface area (Å²) in [6, 6.07) is 16.7. The molecule has 0 spiro atoms. The van der Waals surface area contributed by atoms with Crippen LogP contribution in [0.1, 0.15) is 72.5 Å². The summed E-state index contributed by atoms with van der Waals surface area (Å²) in [6.45, 7) is 5.39. The molecule has 2 aromatic carbocycles. The van der Waals surface area contributed by atoms with Crippen molar-refractivity contribution >= 4 is 24.0 Å². The number of carbonyl (C=O) groups excluding carboxylic acids is 3. The number of ether oxygens (including phenoxy) is 1. The highest BCUT2D eigenvalue weighted by Crippen LogP contribution is 2.27. The summed E-state index contributed by atoms with van der Waals surface area (Å²) >= 11 is 0. The van der Waals surface area contributed by atoms with Crippen molar-refractivity contribution in [1.29, 1.82) is 0 Å². The number of rotatable bonds is 12. The number of unbranched alkanes of at least 4 members (excludes halogenated alkanes) is 2. The van der Waals surface area contributed by atoms with Crippen LogP contribution in [0.4, 0.5) is 4.79 Å². The monoisotopic (exact) mass is 528 g/mol. The zero-order valence-electron chi connectivity index (χ0n) is 22.9. The molecule has 1 aliphatic rings. The van der Waals surface area contributed by atoms with E-state index >= 15 is 0 Å². The molecular formula is C31H36N4O4. The van der Waals surface area contributed by atoms with Crippen molar-refractivity contribution in [3.63, 3.8) is 0 Å². The van der Waals surface area contributed by atoms with Gasteiger partial charge in [-0.3, -0.25) is 14.6 Å². The van der Waals surface area contributed by atoms with Gasteiger partial charge in [0, 0.05) is 19.5 Å². The van der Waals surface area contributed by atoms with Gasteiger partial charge in [-0.2, -0.15) is 0 Å². The van der Waals surface area contributed by atoms with Gasteiger partial charge in [0.2, 0.25) is 0 Å². The predicted molar refractivity (Wildman–Crippen MR) is 150 cm³/mol. The van der Waals surface area contributed by atoms with E-state index in [9.17, 15) is 14.4 Å². The molecule has 1 aromatic heterocycles. The molecular weight excluding hydrogens is 492 g/mol. The molecule has 3 amide bonds. The van der Waals surface area contributed by atoms with Crippen molar-refractivity contribution in [1.82, 2.24) is 19.4 Å². The molecule has 204 valence electrons. The molecule has 0 unspecified atom stereocenters. The number of methoxy groups -OCH3 is 1. The molecule has 1 aliphatic heterocycles. The zero-order valence-corrected chi connectivity index (χ0v) is 22.9. The van der Waals surface area contributed by atoms with Crippen LogP contribution in [0.5, 0.6) is 0 Å². The van der Waals surface area contributed by atoms with E-state index in [0.717, 1.165) is 54.7 Å². The van der Waals surface area contributed by atoms with Gasteiger partial charge in [-0.15, -0.1) is 0 Å². The Hall–Kier alpha value is -4.20. The molecule has 4 rings (SSSR count). The quantitative estimate of drug-likeness (QED) is 0.172. The minimum atomic E-state index is -0.381. The van der Waals surface area contributed by atoms with E-state index in [2.05, 4.69) is 16.5 Å². The molecule has 0 radical (unpaired) electrons. The number of esters is 1. The fourth-order valence-electron chi connectivity index (χ4n) is 4.61. The average molecular weight is 529 g/mol. The molecule has 0 atom stereocenters. The third-order valence-corrected chi connectivity index (χ3v) is 6.86. The summed E-state index contributed by atoms with van der Waals surface area (Å²) in [6.07, 6.45) is 8.01. The van der Waals surface area contributed by atoms with Gasteiger partial charge in [0.15, 0.2) is 0 Å². The van der Waals surface area contributed by atoms with E-state index in [1.807, 2.05) is 49.4 Å². The Morgan fingerprint density at radius 2 is 1.59 bits per heavy atom. The van der Waals surface area contributed by atoms with Crippen molar-refractivity contribution in [3.05, 3.63) is 94.7 Å². The van der Waals surface area contributed by atoms with Gasteiger partial charge < -0.3 is 9.30 Å². The first-order valence-electron chi connectivity index (χ1n) is 13.6. The molecule has 2 heterocycles. The van der Waals surface area contributed by atoms with E-state index in [1.165, 1.54) is 12.0 Å². The number of hydrogen-bond donors (Lipinski definition) is 0. The minimum absolute atomic E-state index is 0.283. The van der Waals surface area contributed by atoms with Crippen molar-refractivity contribution in [2.75, 3.05) is 13.7 Å². The van der Waals surface area contributed by atoms with Gasteiger partial charge in [-0.25, -0.2) is 14.6 Å². The molecule has 0 N–H and O–H groups in total. The van der Waals surface area contributed by atoms with Crippen molar-refractivity contribution in [2.45, 2.75) is 59.0 Å². The minimum Gasteiger partial charge on any atom is -0.465 e. The van der Waals surface area contributed by atoms with Crippen molar-refractivity contribution in [3.8, 4) is 0 Å². The maximum Gasteiger partial charge on any atom is 0.337 e. The van der Waals surface area contributed by atoms with Crippen LogP contribution in [-0.4, -0.2) is 50.9 Å². The first-order valence-corrected chi connectivity index (χ1v) is 13.6. The van der Waals surface area contributed by atoms with Crippen LogP contribution in [-0.2, 0) is 29.0 Å². The van der Waals surface area contributed by atoms with Gasteiger partial charge in [-0.1, -0.05) is 69.2 Å². The highest BCUT2D eigenvalue weighted by molar-refractivity contribution is 6.13. The molecule has 3 aromatic rings. The normalized spacial score (nSPS) is 14.5. The van der Waals surface area contributed by atoms with Gasteiger partial charge in [0.1, 0.15) is 11.5 Å². The number of urea groups is 1. The van der Waals surface area contributed by atoms with Gasteiger partial charge in [0.25, 0.3) is 5.91 Å². The number of amides is 3. The van der Waals surface area contributed by atoms with Crippen LogP contribution in [0, 0.1) is 0 Å². The number of hydrogen-bond acceptors (Lipinski definition) is 5. The molecule has 0 aliphatic carbocycles. The highest BCUT2D eigenvalue weighted by atomic mass is 16.5. The van der Waals surface area contributed by atoms with Crippen LogP contribution in [0.25, 0.3) is 6.08 Å². The second-order valence-corrected chi connectivity index (χ2v) is 9.67. The van der Waals surface area contributed by atoms with Crippen LogP contribution < -0.4 is 0 Å². The smallest absolute Gasteiger partial charge is 0.337 e.